The Balaban J connectivity index is 1.59. The minimum Gasteiger partial charge on any atom is -0.497 e. The van der Waals surface area contributed by atoms with Gasteiger partial charge in [0.05, 0.1) is 12.8 Å². The summed E-state index contributed by atoms with van der Waals surface area (Å²) in [4.78, 5) is 16.8. The van der Waals surface area contributed by atoms with Crippen LogP contribution in [0.1, 0.15) is 23.1 Å². The second-order valence-corrected chi connectivity index (χ2v) is 7.11. The lowest BCUT2D eigenvalue weighted by Gasteiger charge is -2.05. The molecule has 0 saturated heterocycles. The molecule has 5 heteroatoms. The molecule has 0 atom stereocenters. The average molecular weight is 366 g/mol. The monoisotopic (exact) mass is 366 g/mol. The minimum atomic E-state index is -0.0253. The Morgan fingerprint density at radius 2 is 1.92 bits per heavy atom. The number of carbonyl (C=O) groups excluding carboxylic acids is 1. The van der Waals surface area contributed by atoms with E-state index in [0.29, 0.717) is 18.0 Å². The van der Waals surface area contributed by atoms with Gasteiger partial charge in [-0.15, -0.1) is 11.3 Å². The van der Waals surface area contributed by atoms with Crippen molar-refractivity contribution < 1.29 is 9.53 Å². The molecule has 0 bridgehead atoms. The summed E-state index contributed by atoms with van der Waals surface area (Å²) in [6, 6.07) is 14.1. The van der Waals surface area contributed by atoms with Crippen molar-refractivity contribution in [3.8, 4) is 17.0 Å². The Morgan fingerprint density at radius 3 is 2.65 bits per heavy atom. The molecule has 4 nitrogen and oxygen atoms in total. The van der Waals surface area contributed by atoms with Gasteiger partial charge in [-0.3, -0.25) is 4.79 Å². The van der Waals surface area contributed by atoms with Gasteiger partial charge in [-0.1, -0.05) is 29.8 Å². The van der Waals surface area contributed by atoms with Crippen LogP contribution in [0.5, 0.6) is 5.75 Å². The predicted octanol–water partition coefficient (Wildman–Crippen LogP) is 5.01. The zero-order chi connectivity index (χ0) is 18.5. The largest absolute Gasteiger partial charge is 0.497 e. The van der Waals surface area contributed by atoms with Crippen LogP contribution in [0, 0.1) is 13.8 Å². The van der Waals surface area contributed by atoms with Crippen LogP contribution in [0.15, 0.2) is 47.8 Å². The van der Waals surface area contributed by atoms with Crippen LogP contribution >= 0.6 is 11.3 Å². The smallest absolute Gasteiger partial charge is 0.226 e. The van der Waals surface area contributed by atoms with E-state index in [1.807, 2.05) is 29.6 Å². The first-order valence-electron chi connectivity index (χ1n) is 8.51. The number of aryl methyl sites for hydroxylation is 3. The first-order valence-corrected chi connectivity index (χ1v) is 9.39. The van der Waals surface area contributed by atoms with E-state index in [4.69, 9.17) is 4.74 Å². The highest BCUT2D eigenvalue weighted by Gasteiger charge is 2.10. The summed E-state index contributed by atoms with van der Waals surface area (Å²) in [6.07, 6.45) is 1.11. The maximum absolute atomic E-state index is 12.2. The fourth-order valence-electron chi connectivity index (χ4n) is 2.70. The second-order valence-electron chi connectivity index (χ2n) is 6.25. The summed E-state index contributed by atoms with van der Waals surface area (Å²) in [6.45, 7) is 4.14. The lowest BCUT2D eigenvalue weighted by molar-refractivity contribution is -0.116. The number of methoxy groups -OCH3 is 1. The van der Waals surface area contributed by atoms with Crippen LogP contribution in [0.3, 0.4) is 0 Å². The molecule has 0 aliphatic carbocycles. The summed E-state index contributed by atoms with van der Waals surface area (Å²) in [5.41, 5.74) is 5.50. The van der Waals surface area contributed by atoms with Gasteiger partial charge in [-0.05, 0) is 49.6 Å². The molecule has 0 fully saturated rings. The van der Waals surface area contributed by atoms with Crippen molar-refractivity contribution in [1.29, 1.82) is 0 Å². The number of benzene rings is 2. The molecule has 1 heterocycles. The van der Waals surface area contributed by atoms with Crippen molar-refractivity contribution in [2.75, 3.05) is 12.4 Å². The lowest BCUT2D eigenvalue weighted by atomic mass is 10.0. The number of hydrogen-bond acceptors (Lipinski definition) is 4. The molecule has 0 aliphatic rings. The number of nitrogens with zero attached hydrogens (tertiary/aromatic N) is 1. The topological polar surface area (TPSA) is 51.2 Å². The number of hydrogen-bond donors (Lipinski definition) is 1. The number of anilines is 1. The van der Waals surface area contributed by atoms with E-state index in [2.05, 4.69) is 42.3 Å². The van der Waals surface area contributed by atoms with Crippen molar-refractivity contribution in [3.63, 3.8) is 0 Å². The Kier molecular flexibility index (Phi) is 5.68. The van der Waals surface area contributed by atoms with Crippen LogP contribution in [0.4, 0.5) is 5.13 Å². The van der Waals surface area contributed by atoms with Crippen molar-refractivity contribution in [2.24, 2.45) is 0 Å². The van der Waals surface area contributed by atoms with Gasteiger partial charge in [0.1, 0.15) is 5.75 Å². The first-order chi connectivity index (χ1) is 12.5. The van der Waals surface area contributed by atoms with Crippen LogP contribution < -0.4 is 10.1 Å². The number of carbonyl (C=O) groups is 1. The van der Waals surface area contributed by atoms with Crippen LogP contribution in [-0.2, 0) is 11.2 Å². The quantitative estimate of drug-likeness (QED) is 0.667. The van der Waals surface area contributed by atoms with E-state index in [0.717, 1.165) is 22.6 Å². The van der Waals surface area contributed by atoms with Gasteiger partial charge in [0.2, 0.25) is 5.91 Å². The highest BCUT2D eigenvalue weighted by molar-refractivity contribution is 7.14. The van der Waals surface area contributed by atoms with Gasteiger partial charge in [0.15, 0.2) is 5.13 Å². The molecule has 3 aromatic rings. The second kappa shape index (κ2) is 8.15. The summed E-state index contributed by atoms with van der Waals surface area (Å²) >= 11 is 1.45. The molecular weight excluding hydrogens is 344 g/mol. The van der Waals surface area contributed by atoms with Gasteiger partial charge >= 0.3 is 0 Å². The Bertz CT molecular complexity index is 901. The van der Waals surface area contributed by atoms with Crippen molar-refractivity contribution >= 4 is 22.4 Å². The number of aromatic nitrogens is 1. The average Bonchev–Trinajstić information content (AvgIpc) is 3.10. The molecule has 2 aromatic carbocycles. The minimum absolute atomic E-state index is 0.0253. The van der Waals surface area contributed by atoms with E-state index in [-0.39, 0.29) is 5.91 Å². The molecule has 0 aliphatic heterocycles. The standard InChI is InChI=1S/C21H22N2O2S/c1-14-4-5-15(2)18(12-14)19-13-26-21(22-19)23-20(24)11-8-16-6-9-17(25-3)10-7-16/h4-7,9-10,12-13H,8,11H2,1-3H3,(H,22,23,24). The van der Waals surface area contributed by atoms with E-state index in [9.17, 15) is 4.79 Å². The van der Waals surface area contributed by atoms with E-state index < -0.39 is 0 Å². The Hall–Kier alpha value is -2.66. The molecule has 1 amide bonds. The highest BCUT2D eigenvalue weighted by Crippen LogP contribution is 2.28. The number of thiazole rings is 1. The zero-order valence-corrected chi connectivity index (χ0v) is 16.0. The highest BCUT2D eigenvalue weighted by atomic mass is 32.1. The van der Waals surface area contributed by atoms with Crippen LogP contribution in [-0.4, -0.2) is 18.0 Å². The molecule has 134 valence electrons. The maximum Gasteiger partial charge on any atom is 0.226 e. The molecule has 3 rings (SSSR count). The molecule has 0 spiro atoms. The molecule has 0 unspecified atom stereocenters. The Labute approximate surface area is 157 Å². The number of nitrogens with one attached hydrogen (secondary N) is 1. The molecule has 0 radical (unpaired) electrons. The van der Waals surface area contributed by atoms with Crippen LogP contribution in [0.25, 0.3) is 11.3 Å². The Morgan fingerprint density at radius 1 is 1.15 bits per heavy atom. The van der Waals surface area contributed by atoms with E-state index in [1.165, 1.54) is 22.5 Å². The third-order valence-electron chi connectivity index (χ3n) is 4.22. The maximum atomic E-state index is 12.2. The number of rotatable bonds is 6. The number of ether oxygens (including phenoxy) is 1. The normalized spacial score (nSPS) is 10.6. The van der Waals surface area contributed by atoms with Gasteiger partial charge < -0.3 is 10.1 Å². The SMILES string of the molecule is COc1ccc(CCC(=O)Nc2nc(-c3cc(C)ccc3C)cs2)cc1. The molecular formula is C21H22N2O2S. The summed E-state index contributed by atoms with van der Waals surface area (Å²) in [5.74, 6) is 0.794. The molecule has 1 aromatic heterocycles. The third kappa shape index (κ3) is 4.49. The van der Waals surface area contributed by atoms with Gasteiger partial charge in [0, 0.05) is 17.4 Å². The fraction of sp³-hybridized carbons (Fsp3) is 0.238. The van der Waals surface area contributed by atoms with Crippen LogP contribution in [0.2, 0.25) is 0 Å². The molecule has 26 heavy (non-hydrogen) atoms. The van der Waals surface area contributed by atoms with Gasteiger partial charge in [0.25, 0.3) is 0 Å². The fourth-order valence-corrected chi connectivity index (χ4v) is 3.43. The third-order valence-corrected chi connectivity index (χ3v) is 4.98. The van der Waals surface area contributed by atoms with E-state index in [1.54, 1.807) is 7.11 Å². The van der Waals surface area contributed by atoms with Gasteiger partial charge in [-0.25, -0.2) is 4.98 Å². The summed E-state index contributed by atoms with van der Waals surface area (Å²) in [5, 5.41) is 5.53. The van der Waals surface area contributed by atoms with E-state index >= 15 is 0 Å². The predicted molar refractivity (Wildman–Crippen MR) is 107 cm³/mol. The first kappa shape index (κ1) is 18.1. The lowest BCUT2D eigenvalue weighted by Crippen LogP contribution is -2.12. The number of amides is 1. The summed E-state index contributed by atoms with van der Waals surface area (Å²) < 4.78 is 5.14. The summed E-state index contributed by atoms with van der Waals surface area (Å²) in [7, 11) is 1.64. The van der Waals surface area contributed by atoms with Crippen molar-refractivity contribution in [2.45, 2.75) is 26.7 Å². The molecule has 1 N–H and O–H groups in total. The van der Waals surface area contributed by atoms with Gasteiger partial charge in [-0.2, -0.15) is 0 Å². The molecule has 0 saturated carbocycles. The zero-order valence-electron chi connectivity index (χ0n) is 15.2. The van der Waals surface area contributed by atoms with Crippen molar-refractivity contribution in [3.05, 3.63) is 64.5 Å². The van der Waals surface area contributed by atoms with Crippen molar-refractivity contribution in [1.82, 2.24) is 4.98 Å².